The molecule has 0 saturated carbocycles. The first-order valence-corrected chi connectivity index (χ1v) is 7.78. The quantitative estimate of drug-likeness (QED) is 0.227. The zero-order valence-electron chi connectivity index (χ0n) is 13.7. The van der Waals surface area contributed by atoms with Crippen molar-refractivity contribution in [2.24, 2.45) is 5.92 Å². The second kappa shape index (κ2) is 9.18. The van der Waals surface area contributed by atoms with Crippen LogP contribution in [0.3, 0.4) is 0 Å². The third kappa shape index (κ3) is 4.72. The fourth-order valence-electron chi connectivity index (χ4n) is 2.52. The number of rotatable bonds is 8. The van der Waals surface area contributed by atoms with Crippen LogP contribution in [0.2, 0.25) is 0 Å². The average molecular weight is 352 g/mol. The van der Waals surface area contributed by atoms with Gasteiger partial charge in [0.25, 0.3) is 0 Å². The summed E-state index contributed by atoms with van der Waals surface area (Å²) in [7, 11) is 0. The van der Waals surface area contributed by atoms with Crippen LogP contribution in [0, 0.1) is 5.92 Å². The molecule has 1 fully saturated rings. The second-order valence-electron chi connectivity index (χ2n) is 6.25. The smallest absolute Gasteiger partial charge is 0.187 e. The molecule has 1 aliphatic rings. The summed E-state index contributed by atoms with van der Waals surface area (Å²) in [6.07, 6.45) is -12.1. The molecule has 0 aromatic rings. The predicted molar refractivity (Wildman–Crippen MR) is 81.7 cm³/mol. The zero-order valence-corrected chi connectivity index (χ0v) is 13.7. The maximum absolute atomic E-state index is 10.0. The summed E-state index contributed by atoms with van der Waals surface area (Å²) in [5.74, 6) is -0.219. The fourth-order valence-corrected chi connectivity index (χ4v) is 2.52. The highest BCUT2D eigenvalue weighted by atomic mass is 16.7. The van der Waals surface area contributed by atoms with E-state index in [4.69, 9.17) is 14.6 Å². The van der Waals surface area contributed by atoms with Gasteiger partial charge in [0.15, 0.2) is 6.29 Å². The number of hydrogen-bond donors (Lipinski definition) is 7. The summed E-state index contributed by atoms with van der Waals surface area (Å²) in [6, 6.07) is 0. The maximum atomic E-state index is 10.0. The summed E-state index contributed by atoms with van der Waals surface area (Å²) in [5.41, 5.74) is 0. The molecule has 0 aliphatic carbocycles. The van der Waals surface area contributed by atoms with E-state index in [0.29, 0.717) is 0 Å². The molecule has 7 N–H and O–H groups in total. The third-order valence-corrected chi connectivity index (χ3v) is 4.05. The molecule has 9 atom stereocenters. The van der Waals surface area contributed by atoms with Crippen molar-refractivity contribution in [2.75, 3.05) is 6.61 Å². The van der Waals surface area contributed by atoms with E-state index in [1.807, 2.05) is 0 Å². The molecule has 1 saturated heterocycles. The van der Waals surface area contributed by atoms with Gasteiger partial charge >= 0.3 is 0 Å². The normalized spacial score (nSPS) is 36.2. The highest BCUT2D eigenvalue weighted by molar-refractivity contribution is 4.95. The summed E-state index contributed by atoms with van der Waals surface area (Å²) >= 11 is 0. The maximum Gasteiger partial charge on any atom is 0.187 e. The molecular weight excluding hydrogens is 324 g/mol. The minimum absolute atomic E-state index is 0.219. The standard InChI is InChI=1S/C15H28O9/c1-4-7(17)14(9(19)8(18)5-16)24-15-12(22)10(20)11(21)13(23-15)6(2)3/h4,6-22H,1,5H2,2-3H3/t7?,8?,9?,10-,11+,12+,13+,14?,15-/m0/s1. The van der Waals surface area contributed by atoms with Gasteiger partial charge in [-0.15, -0.1) is 6.58 Å². The highest BCUT2D eigenvalue weighted by Gasteiger charge is 2.47. The first kappa shape index (κ1) is 21.4. The molecule has 1 rings (SSSR count). The lowest BCUT2D eigenvalue weighted by molar-refractivity contribution is -0.327. The molecule has 9 heteroatoms. The van der Waals surface area contributed by atoms with Crippen LogP contribution < -0.4 is 0 Å². The Labute approximate surface area is 140 Å². The molecule has 0 amide bonds. The van der Waals surface area contributed by atoms with Crippen LogP contribution in [0.5, 0.6) is 0 Å². The van der Waals surface area contributed by atoms with Crippen LogP contribution in [-0.2, 0) is 9.47 Å². The van der Waals surface area contributed by atoms with Gasteiger partial charge in [-0.3, -0.25) is 0 Å². The van der Waals surface area contributed by atoms with Crippen molar-refractivity contribution < 1.29 is 45.2 Å². The van der Waals surface area contributed by atoms with E-state index < -0.39 is 61.7 Å². The largest absolute Gasteiger partial charge is 0.394 e. The summed E-state index contributed by atoms with van der Waals surface area (Å²) in [5, 5.41) is 68.3. The first-order valence-electron chi connectivity index (χ1n) is 7.78. The molecule has 1 aliphatic heterocycles. The Hall–Kier alpha value is -0.620. The lowest BCUT2D eigenvalue weighted by Crippen LogP contribution is -2.61. The summed E-state index contributed by atoms with van der Waals surface area (Å²) < 4.78 is 10.8. The van der Waals surface area contributed by atoms with Crippen molar-refractivity contribution in [1.82, 2.24) is 0 Å². The SMILES string of the molecule is C=CC(O)C(O[C@@H]1O[C@H](C(C)C)[C@H](O)[C@H](O)[C@H]1O)C(O)C(O)CO. The minimum Gasteiger partial charge on any atom is -0.394 e. The molecule has 0 bridgehead atoms. The van der Waals surface area contributed by atoms with Gasteiger partial charge < -0.3 is 45.2 Å². The van der Waals surface area contributed by atoms with Crippen LogP contribution >= 0.6 is 0 Å². The monoisotopic (exact) mass is 352 g/mol. The zero-order chi connectivity index (χ0) is 18.6. The minimum atomic E-state index is -1.71. The van der Waals surface area contributed by atoms with Gasteiger partial charge in [0, 0.05) is 0 Å². The molecule has 24 heavy (non-hydrogen) atoms. The van der Waals surface area contributed by atoms with Crippen LogP contribution in [-0.4, -0.2) is 97.5 Å². The Morgan fingerprint density at radius 3 is 2.12 bits per heavy atom. The Balaban J connectivity index is 2.96. The summed E-state index contributed by atoms with van der Waals surface area (Å²) in [4.78, 5) is 0. The van der Waals surface area contributed by atoms with E-state index in [2.05, 4.69) is 6.58 Å². The lowest BCUT2D eigenvalue weighted by Gasteiger charge is -2.43. The van der Waals surface area contributed by atoms with Crippen LogP contribution in [0.1, 0.15) is 13.8 Å². The van der Waals surface area contributed by atoms with E-state index in [0.717, 1.165) is 6.08 Å². The Kier molecular flexibility index (Phi) is 8.20. The second-order valence-corrected chi connectivity index (χ2v) is 6.25. The van der Waals surface area contributed by atoms with E-state index >= 15 is 0 Å². The highest BCUT2D eigenvalue weighted by Crippen LogP contribution is 2.28. The van der Waals surface area contributed by atoms with Crippen molar-refractivity contribution in [1.29, 1.82) is 0 Å². The molecule has 0 spiro atoms. The Morgan fingerprint density at radius 1 is 1.08 bits per heavy atom. The lowest BCUT2D eigenvalue weighted by atomic mass is 9.92. The summed E-state index contributed by atoms with van der Waals surface area (Å²) in [6.45, 7) is 6.03. The van der Waals surface area contributed by atoms with E-state index in [1.165, 1.54) is 0 Å². The molecule has 9 nitrogen and oxygen atoms in total. The molecule has 0 aromatic heterocycles. The van der Waals surface area contributed by atoms with Crippen LogP contribution in [0.15, 0.2) is 12.7 Å². The fraction of sp³-hybridized carbons (Fsp3) is 0.867. The van der Waals surface area contributed by atoms with E-state index in [-0.39, 0.29) is 5.92 Å². The van der Waals surface area contributed by atoms with Gasteiger partial charge in [0.05, 0.1) is 12.7 Å². The van der Waals surface area contributed by atoms with Gasteiger partial charge in [-0.25, -0.2) is 0 Å². The van der Waals surface area contributed by atoms with Crippen LogP contribution in [0.25, 0.3) is 0 Å². The van der Waals surface area contributed by atoms with Crippen molar-refractivity contribution >= 4 is 0 Å². The molecular formula is C15H28O9. The van der Waals surface area contributed by atoms with Crippen molar-refractivity contribution in [3.63, 3.8) is 0 Å². The predicted octanol–water partition coefficient (Wildman–Crippen LogP) is -2.90. The van der Waals surface area contributed by atoms with Crippen molar-refractivity contribution in [2.45, 2.75) is 69.0 Å². The van der Waals surface area contributed by atoms with E-state index in [9.17, 15) is 30.6 Å². The molecule has 1 heterocycles. The third-order valence-electron chi connectivity index (χ3n) is 4.05. The van der Waals surface area contributed by atoms with E-state index in [1.54, 1.807) is 13.8 Å². The topological polar surface area (TPSA) is 160 Å². The van der Waals surface area contributed by atoms with Gasteiger partial charge in [-0.05, 0) is 5.92 Å². The van der Waals surface area contributed by atoms with Gasteiger partial charge in [-0.1, -0.05) is 19.9 Å². The number of aliphatic hydroxyl groups excluding tert-OH is 7. The number of aliphatic hydroxyl groups is 7. The molecule has 4 unspecified atom stereocenters. The van der Waals surface area contributed by atoms with Crippen molar-refractivity contribution in [3.8, 4) is 0 Å². The average Bonchev–Trinajstić information content (AvgIpc) is 2.56. The van der Waals surface area contributed by atoms with Gasteiger partial charge in [0.2, 0.25) is 0 Å². The molecule has 0 radical (unpaired) electrons. The van der Waals surface area contributed by atoms with Gasteiger partial charge in [0.1, 0.15) is 42.7 Å². The number of hydrogen-bond acceptors (Lipinski definition) is 9. The molecule has 142 valence electrons. The molecule has 0 aromatic carbocycles. The van der Waals surface area contributed by atoms with Gasteiger partial charge in [-0.2, -0.15) is 0 Å². The van der Waals surface area contributed by atoms with Crippen LogP contribution in [0.4, 0.5) is 0 Å². The Bertz CT molecular complexity index is 391. The van der Waals surface area contributed by atoms with Crippen molar-refractivity contribution in [3.05, 3.63) is 12.7 Å². The number of ether oxygens (including phenoxy) is 2. The first-order chi connectivity index (χ1) is 11.1. The Morgan fingerprint density at radius 2 is 1.67 bits per heavy atom.